The summed E-state index contributed by atoms with van der Waals surface area (Å²) in [6, 6.07) is 8.41. The van der Waals surface area contributed by atoms with Crippen molar-refractivity contribution in [3.63, 3.8) is 0 Å². The molecule has 0 atom stereocenters. The smallest absolute Gasteiger partial charge is 0.252 e. The van der Waals surface area contributed by atoms with Crippen LogP contribution in [0.25, 0.3) is 0 Å². The topological polar surface area (TPSA) is 41.6 Å². The van der Waals surface area contributed by atoms with Crippen molar-refractivity contribution in [1.29, 1.82) is 0 Å². The van der Waals surface area contributed by atoms with Gasteiger partial charge in [0.2, 0.25) is 0 Å². The number of carbonyl (C=O) groups is 1. The van der Waals surface area contributed by atoms with Crippen LogP contribution in [0.4, 0.5) is 0 Å². The van der Waals surface area contributed by atoms with Crippen molar-refractivity contribution in [2.75, 3.05) is 20.7 Å². The molecule has 1 saturated carbocycles. The number of hydrogen-bond acceptors (Lipinski definition) is 3. The van der Waals surface area contributed by atoms with Crippen molar-refractivity contribution in [2.24, 2.45) is 0 Å². The molecule has 1 aliphatic carbocycles. The van der Waals surface area contributed by atoms with E-state index in [0.29, 0.717) is 13.2 Å². The molecule has 122 valence electrons. The normalized spacial score (nSPS) is 16.9. The van der Waals surface area contributed by atoms with Gasteiger partial charge >= 0.3 is 0 Å². The molecule has 0 saturated heterocycles. The summed E-state index contributed by atoms with van der Waals surface area (Å²) in [4.78, 5) is 14.6. The van der Waals surface area contributed by atoms with Crippen molar-refractivity contribution in [3.8, 4) is 0 Å². The molecule has 1 aliphatic rings. The van der Waals surface area contributed by atoms with Crippen LogP contribution in [-0.4, -0.2) is 37.1 Å². The Kier molecular flexibility index (Phi) is 5.98. The van der Waals surface area contributed by atoms with E-state index >= 15 is 0 Å². The third-order valence-corrected chi connectivity index (χ3v) is 4.22. The Morgan fingerprint density at radius 2 is 1.77 bits per heavy atom. The molecule has 1 N–H and O–H groups in total. The number of nitrogens with one attached hydrogen (secondary N) is 1. The Balaban J connectivity index is 1.90. The van der Waals surface area contributed by atoms with Crippen molar-refractivity contribution < 1.29 is 9.53 Å². The molecule has 1 amide bonds. The number of rotatable bonds is 7. The lowest BCUT2D eigenvalue weighted by Gasteiger charge is -2.27. The van der Waals surface area contributed by atoms with Crippen LogP contribution in [0.15, 0.2) is 24.3 Å². The lowest BCUT2D eigenvalue weighted by molar-refractivity contribution is -0.146. The average Bonchev–Trinajstić information content (AvgIpc) is 2.96. The van der Waals surface area contributed by atoms with E-state index in [4.69, 9.17) is 4.74 Å². The quantitative estimate of drug-likeness (QED) is 0.842. The summed E-state index contributed by atoms with van der Waals surface area (Å²) >= 11 is 0. The minimum absolute atomic E-state index is 0.0456. The molecule has 2 rings (SSSR count). The third-order valence-electron chi connectivity index (χ3n) is 4.22. The first-order valence-electron chi connectivity index (χ1n) is 8.20. The highest BCUT2D eigenvalue weighted by atomic mass is 16.5. The fraction of sp³-hybridized carbons (Fsp3) is 0.611. The standard InChI is InChI=1S/C18H28N2O2/c1-4-22-18(11-5-6-12-18)17(21)19-13-15-7-9-16(10-8-15)14-20(2)3/h7-10H,4-6,11-14H2,1-3H3,(H,19,21). The van der Waals surface area contributed by atoms with E-state index in [9.17, 15) is 4.79 Å². The first kappa shape index (κ1) is 17.0. The zero-order valence-corrected chi connectivity index (χ0v) is 14.0. The van der Waals surface area contributed by atoms with Gasteiger partial charge in [0.25, 0.3) is 5.91 Å². The second kappa shape index (κ2) is 7.75. The number of carbonyl (C=O) groups excluding carboxylic acids is 1. The maximum absolute atomic E-state index is 12.5. The Labute approximate surface area is 133 Å². The van der Waals surface area contributed by atoms with Gasteiger partial charge in [-0.2, -0.15) is 0 Å². The van der Waals surface area contributed by atoms with Gasteiger partial charge in [0.15, 0.2) is 0 Å². The van der Waals surface area contributed by atoms with Gasteiger partial charge in [-0.3, -0.25) is 4.79 Å². The maximum Gasteiger partial charge on any atom is 0.252 e. The first-order valence-corrected chi connectivity index (χ1v) is 8.20. The van der Waals surface area contributed by atoms with Crippen molar-refractivity contribution in [2.45, 2.75) is 51.3 Å². The fourth-order valence-electron chi connectivity index (χ4n) is 3.13. The molecule has 4 nitrogen and oxygen atoms in total. The van der Waals surface area contributed by atoms with E-state index in [1.807, 2.05) is 6.92 Å². The Morgan fingerprint density at radius 3 is 2.32 bits per heavy atom. The van der Waals surface area contributed by atoms with Crippen LogP contribution in [0.1, 0.15) is 43.7 Å². The molecule has 22 heavy (non-hydrogen) atoms. The van der Waals surface area contributed by atoms with E-state index in [0.717, 1.165) is 37.8 Å². The number of benzene rings is 1. The predicted molar refractivity (Wildman–Crippen MR) is 88.5 cm³/mol. The first-order chi connectivity index (χ1) is 10.6. The fourth-order valence-corrected chi connectivity index (χ4v) is 3.13. The van der Waals surface area contributed by atoms with Crippen LogP contribution >= 0.6 is 0 Å². The summed E-state index contributed by atoms with van der Waals surface area (Å²) in [6.45, 7) is 4.04. The lowest BCUT2D eigenvalue weighted by Crippen LogP contribution is -2.46. The van der Waals surface area contributed by atoms with Crippen LogP contribution in [0, 0.1) is 0 Å². The molecule has 4 heteroatoms. The lowest BCUT2D eigenvalue weighted by atomic mass is 10.0. The molecule has 0 radical (unpaired) electrons. The van der Waals surface area contributed by atoms with Crippen LogP contribution in [0.5, 0.6) is 0 Å². The average molecular weight is 304 g/mol. The van der Waals surface area contributed by atoms with Crippen LogP contribution < -0.4 is 5.32 Å². The molecule has 0 unspecified atom stereocenters. The summed E-state index contributed by atoms with van der Waals surface area (Å²) in [7, 11) is 4.12. The largest absolute Gasteiger partial charge is 0.365 e. The second-order valence-corrected chi connectivity index (χ2v) is 6.37. The van der Waals surface area contributed by atoms with E-state index in [1.165, 1.54) is 5.56 Å². The Hall–Kier alpha value is -1.39. The van der Waals surface area contributed by atoms with Crippen molar-refractivity contribution in [1.82, 2.24) is 10.2 Å². The highest BCUT2D eigenvalue weighted by Gasteiger charge is 2.41. The SMILES string of the molecule is CCOC1(C(=O)NCc2ccc(CN(C)C)cc2)CCCC1. The Morgan fingerprint density at radius 1 is 1.18 bits per heavy atom. The van der Waals surface area contributed by atoms with Crippen LogP contribution in [-0.2, 0) is 22.6 Å². The van der Waals surface area contributed by atoms with Gasteiger partial charge in [-0.15, -0.1) is 0 Å². The Bertz CT molecular complexity index is 476. The number of nitrogens with zero attached hydrogens (tertiary/aromatic N) is 1. The zero-order chi connectivity index (χ0) is 16.0. The summed E-state index contributed by atoms with van der Waals surface area (Å²) in [5.74, 6) is 0.0456. The molecule has 0 heterocycles. The van der Waals surface area contributed by atoms with E-state index < -0.39 is 5.60 Å². The van der Waals surface area contributed by atoms with Crippen LogP contribution in [0.3, 0.4) is 0 Å². The van der Waals surface area contributed by atoms with E-state index in [-0.39, 0.29) is 5.91 Å². The van der Waals surface area contributed by atoms with Crippen LogP contribution in [0.2, 0.25) is 0 Å². The minimum atomic E-state index is -0.584. The molecular formula is C18H28N2O2. The number of hydrogen-bond donors (Lipinski definition) is 1. The maximum atomic E-state index is 12.5. The molecule has 0 bridgehead atoms. The monoisotopic (exact) mass is 304 g/mol. The number of ether oxygens (including phenoxy) is 1. The second-order valence-electron chi connectivity index (χ2n) is 6.37. The van der Waals surface area contributed by atoms with Gasteiger partial charge in [0.1, 0.15) is 5.60 Å². The number of amides is 1. The van der Waals surface area contributed by atoms with E-state index in [1.54, 1.807) is 0 Å². The highest BCUT2D eigenvalue weighted by Crippen LogP contribution is 2.33. The van der Waals surface area contributed by atoms with Gasteiger partial charge in [0.05, 0.1) is 0 Å². The van der Waals surface area contributed by atoms with Gasteiger partial charge in [-0.1, -0.05) is 24.3 Å². The van der Waals surface area contributed by atoms with Gasteiger partial charge < -0.3 is 15.0 Å². The van der Waals surface area contributed by atoms with Gasteiger partial charge in [-0.25, -0.2) is 0 Å². The minimum Gasteiger partial charge on any atom is -0.365 e. The molecule has 1 aromatic carbocycles. The van der Waals surface area contributed by atoms with Gasteiger partial charge in [-0.05, 0) is 57.8 Å². The molecule has 0 spiro atoms. The summed E-state index contributed by atoms with van der Waals surface area (Å²) in [6.07, 6.45) is 3.84. The predicted octanol–water partition coefficient (Wildman–Crippen LogP) is 2.71. The van der Waals surface area contributed by atoms with Crippen molar-refractivity contribution >= 4 is 5.91 Å². The third kappa shape index (κ3) is 4.31. The zero-order valence-electron chi connectivity index (χ0n) is 14.0. The van der Waals surface area contributed by atoms with Crippen molar-refractivity contribution in [3.05, 3.63) is 35.4 Å². The molecule has 1 fully saturated rings. The molecule has 0 aromatic heterocycles. The molecule has 1 aromatic rings. The summed E-state index contributed by atoms with van der Waals surface area (Å²) < 4.78 is 5.79. The summed E-state index contributed by atoms with van der Waals surface area (Å²) in [5.41, 5.74) is 1.82. The summed E-state index contributed by atoms with van der Waals surface area (Å²) in [5, 5.41) is 3.05. The van der Waals surface area contributed by atoms with E-state index in [2.05, 4.69) is 48.6 Å². The highest BCUT2D eigenvalue weighted by molar-refractivity contribution is 5.85. The van der Waals surface area contributed by atoms with Gasteiger partial charge in [0, 0.05) is 19.7 Å². The molecule has 0 aliphatic heterocycles. The molecular weight excluding hydrogens is 276 g/mol.